The minimum atomic E-state index is -1.59. The van der Waals surface area contributed by atoms with Crippen molar-refractivity contribution < 1.29 is 24.2 Å². The first-order valence-corrected chi connectivity index (χ1v) is 7.41. The van der Waals surface area contributed by atoms with Gasteiger partial charge in [-0.15, -0.1) is 0 Å². The van der Waals surface area contributed by atoms with Crippen LogP contribution in [0.2, 0.25) is 0 Å². The van der Waals surface area contributed by atoms with Gasteiger partial charge in [-0.2, -0.15) is 0 Å². The molecule has 5 unspecified atom stereocenters. The first-order valence-electron chi connectivity index (χ1n) is 7.41. The van der Waals surface area contributed by atoms with Gasteiger partial charge in [0.05, 0.1) is 5.92 Å². The van der Waals surface area contributed by atoms with Gasteiger partial charge in [0.1, 0.15) is 11.1 Å². The normalized spacial score (nSPS) is 38.4. The maximum Gasteiger partial charge on any atom is 0.324 e. The van der Waals surface area contributed by atoms with E-state index >= 15 is 0 Å². The van der Waals surface area contributed by atoms with Gasteiger partial charge in [-0.25, -0.2) is 4.98 Å². The molecule has 4 N–H and O–H groups in total. The van der Waals surface area contributed by atoms with Crippen LogP contribution < -0.4 is 5.73 Å². The summed E-state index contributed by atoms with van der Waals surface area (Å²) in [6.45, 7) is 1.65. The van der Waals surface area contributed by atoms with Crippen molar-refractivity contribution in [2.45, 2.75) is 24.8 Å². The number of carbonyl (C=O) groups is 2. The van der Waals surface area contributed by atoms with Crippen molar-refractivity contribution in [3.05, 3.63) is 30.2 Å². The summed E-state index contributed by atoms with van der Waals surface area (Å²) in [6, 6.07) is 7.21. The number of rotatable bonds is 3. The van der Waals surface area contributed by atoms with Crippen LogP contribution in [0.15, 0.2) is 28.7 Å². The Bertz CT molecular complexity index is 813. The third-order valence-corrected chi connectivity index (χ3v) is 5.80. The number of nitrogens with zero attached hydrogens (tertiary/aromatic N) is 1. The minimum Gasteiger partial charge on any atom is -0.481 e. The van der Waals surface area contributed by atoms with E-state index in [0.717, 1.165) is 0 Å². The van der Waals surface area contributed by atoms with E-state index in [9.17, 15) is 19.8 Å². The Labute approximate surface area is 131 Å². The quantitative estimate of drug-likeness (QED) is 0.781. The summed E-state index contributed by atoms with van der Waals surface area (Å²) >= 11 is 0. The second kappa shape index (κ2) is 4.11. The van der Waals surface area contributed by atoms with Gasteiger partial charge in [0.15, 0.2) is 11.5 Å². The molecule has 1 aromatic heterocycles. The van der Waals surface area contributed by atoms with Crippen molar-refractivity contribution in [3.8, 4) is 0 Å². The molecule has 2 saturated carbocycles. The Kier molecular flexibility index (Phi) is 2.54. The number of aromatic nitrogens is 1. The molecular weight excluding hydrogens is 300 g/mol. The number of carboxylic acid groups (broad SMARTS) is 2. The van der Waals surface area contributed by atoms with Crippen molar-refractivity contribution in [2.75, 3.05) is 0 Å². The predicted octanol–water partition coefficient (Wildman–Crippen LogP) is 1.43. The molecular formula is C16H16N2O5. The van der Waals surface area contributed by atoms with Crippen molar-refractivity contribution in [1.82, 2.24) is 4.98 Å². The molecule has 1 heterocycles. The van der Waals surface area contributed by atoms with Crippen molar-refractivity contribution in [2.24, 2.45) is 23.0 Å². The summed E-state index contributed by atoms with van der Waals surface area (Å²) in [6.07, 6.45) is 0.125. The number of hydrogen-bond donors (Lipinski definition) is 3. The van der Waals surface area contributed by atoms with E-state index in [1.807, 2.05) is 12.1 Å². The summed E-state index contributed by atoms with van der Waals surface area (Å²) in [5, 5.41) is 19.0. The molecule has 120 valence electrons. The molecule has 7 heteroatoms. The van der Waals surface area contributed by atoms with Gasteiger partial charge >= 0.3 is 11.9 Å². The highest BCUT2D eigenvalue weighted by Crippen LogP contribution is 2.75. The van der Waals surface area contributed by atoms with Crippen LogP contribution in [-0.4, -0.2) is 32.7 Å². The Morgan fingerprint density at radius 3 is 2.65 bits per heavy atom. The van der Waals surface area contributed by atoms with Crippen molar-refractivity contribution in [1.29, 1.82) is 0 Å². The summed E-state index contributed by atoms with van der Waals surface area (Å²) < 4.78 is 5.74. The van der Waals surface area contributed by atoms with E-state index in [0.29, 0.717) is 17.0 Å². The van der Waals surface area contributed by atoms with Gasteiger partial charge in [-0.05, 0) is 24.5 Å². The number of fused-ring (bicyclic) bond motifs is 2. The number of carboxylic acids is 2. The second-order valence-corrected chi connectivity index (χ2v) is 6.73. The highest BCUT2D eigenvalue weighted by molar-refractivity contribution is 5.87. The lowest BCUT2D eigenvalue weighted by Gasteiger charge is -2.29. The monoisotopic (exact) mass is 316 g/mol. The van der Waals surface area contributed by atoms with Crippen LogP contribution in [0.5, 0.6) is 0 Å². The highest BCUT2D eigenvalue weighted by Gasteiger charge is 2.82. The summed E-state index contributed by atoms with van der Waals surface area (Å²) in [5.74, 6) is -3.40. The molecule has 1 aromatic carbocycles. The van der Waals surface area contributed by atoms with E-state index in [1.54, 1.807) is 19.1 Å². The number of aliphatic carboxylic acids is 2. The second-order valence-electron chi connectivity index (χ2n) is 6.73. The molecule has 2 aromatic rings. The fourth-order valence-corrected chi connectivity index (χ4v) is 4.48. The molecule has 7 nitrogen and oxygen atoms in total. The molecule has 5 atom stereocenters. The van der Waals surface area contributed by atoms with Crippen molar-refractivity contribution >= 4 is 23.0 Å². The third kappa shape index (κ3) is 1.55. The third-order valence-electron chi connectivity index (χ3n) is 5.80. The van der Waals surface area contributed by atoms with Crippen LogP contribution in [0.3, 0.4) is 0 Å². The van der Waals surface area contributed by atoms with Gasteiger partial charge in [-0.1, -0.05) is 19.1 Å². The largest absolute Gasteiger partial charge is 0.481 e. The van der Waals surface area contributed by atoms with Crippen LogP contribution >= 0.6 is 0 Å². The highest BCUT2D eigenvalue weighted by atomic mass is 16.4. The topological polar surface area (TPSA) is 127 Å². The summed E-state index contributed by atoms with van der Waals surface area (Å²) in [5.41, 5.74) is 4.82. The van der Waals surface area contributed by atoms with Crippen LogP contribution in [0.1, 0.15) is 25.2 Å². The fraction of sp³-hybridized carbons (Fsp3) is 0.438. The molecule has 0 saturated heterocycles. The average Bonchev–Trinajstić information content (AvgIpc) is 2.83. The number of benzene rings is 1. The zero-order chi connectivity index (χ0) is 16.6. The molecule has 0 spiro atoms. The van der Waals surface area contributed by atoms with Crippen LogP contribution in [-0.2, 0) is 9.59 Å². The number of hydrogen-bond acceptors (Lipinski definition) is 5. The smallest absolute Gasteiger partial charge is 0.324 e. The first kappa shape index (κ1) is 14.2. The SMILES string of the molecule is CC12C(C(=O)O)C1C(c1nc3ccccc3o1)CC2(N)C(=O)O. The van der Waals surface area contributed by atoms with Gasteiger partial charge in [0, 0.05) is 11.3 Å². The molecule has 0 amide bonds. The Balaban J connectivity index is 1.81. The first-order chi connectivity index (χ1) is 10.8. The van der Waals surface area contributed by atoms with Gasteiger partial charge < -0.3 is 20.4 Å². The number of para-hydroxylation sites is 2. The average molecular weight is 316 g/mol. The summed E-state index contributed by atoms with van der Waals surface area (Å²) in [4.78, 5) is 27.7. The molecule has 2 aliphatic carbocycles. The van der Waals surface area contributed by atoms with Crippen LogP contribution in [0, 0.1) is 17.3 Å². The predicted molar refractivity (Wildman–Crippen MR) is 78.6 cm³/mol. The molecule has 0 aliphatic heterocycles. The van der Waals surface area contributed by atoms with E-state index in [4.69, 9.17) is 10.2 Å². The standard InChI is InChI=1S/C16H16N2O5/c1-15-10(11(15)13(19)20)7(6-16(15,17)14(21)22)12-18-8-4-2-3-5-9(8)23-12/h2-5,7,10-11H,6,17H2,1H3,(H,19,20)(H,21,22). The minimum absolute atomic E-state index is 0.125. The molecule has 2 fully saturated rings. The van der Waals surface area contributed by atoms with Crippen LogP contribution in [0.4, 0.5) is 0 Å². The zero-order valence-corrected chi connectivity index (χ0v) is 12.4. The molecule has 0 radical (unpaired) electrons. The lowest BCUT2D eigenvalue weighted by atomic mass is 9.80. The van der Waals surface area contributed by atoms with E-state index in [-0.39, 0.29) is 12.3 Å². The Hall–Kier alpha value is -2.41. The van der Waals surface area contributed by atoms with Crippen LogP contribution in [0.25, 0.3) is 11.1 Å². The van der Waals surface area contributed by atoms with E-state index < -0.39 is 34.7 Å². The van der Waals surface area contributed by atoms with E-state index in [2.05, 4.69) is 4.98 Å². The van der Waals surface area contributed by atoms with Gasteiger partial charge in [0.25, 0.3) is 0 Å². The zero-order valence-electron chi connectivity index (χ0n) is 12.4. The Morgan fingerprint density at radius 2 is 2.04 bits per heavy atom. The lowest BCUT2D eigenvalue weighted by molar-refractivity contribution is -0.147. The maximum absolute atomic E-state index is 11.7. The molecule has 4 rings (SSSR count). The van der Waals surface area contributed by atoms with Gasteiger partial charge in [0.2, 0.25) is 0 Å². The molecule has 23 heavy (non-hydrogen) atoms. The molecule has 2 aliphatic rings. The Morgan fingerprint density at radius 1 is 1.35 bits per heavy atom. The van der Waals surface area contributed by atoms with E-state index in [1.165, 1.54) is 0 Å². The number of oxazole rings is 1. The fourth-order valence-electron chi connectivity index (χ4n) is 4.48. The number of nitrogens with two attached hydrogens (primary N) is 1. The van der Waals surface area contributed by atoms with Crippen molar-refractivity contribution in [3.63, 3.8) is 0 Å². The molecule has 0 bridgehead atoms. The summed E-state index contributed by atoms with van der Waals surface area (Å²) in [7, 11) is 0. The maximum atomic E-state index is 11.7. The lowest BCUT2D eigenvalue weighted by Crippen LogP contribution is -2.54. The van der Waals surface area contributed by atoms with Gasteiger partial charge in [-0.3, -0.25) is 9.59 Å².